The van der Waals surface area contributed by atoms with Crippen LogP contribution in [0.15, 0.2) is 11.6 Å². The molecule has 1 aliphatic rings. The number of nitrogens with two attached hydrogens (primary N) is 1. The summed E-state index contributed by atoms with van der Waals surface area (Å²) in [6, 6.07) is 0.230. The lowest BCUT2D eigenvalue weighted by Gasteiger charge is -2.35. The van der Waals surface area contributed by atoms with E-state index in [9.17, 15) is 0 Å². The van der Waals surface area contributed by atoms with Crippen molar-refractivity contribution in [3.63, 3.8) is 0 Å². The highest BCUT2D eigenvalue weighted by Crippen LogP contribution is 2.37. The molecule has 0 saturated heterocycles. The molecule has 2 heteroatoms. The summed E-state index contributed by atoms with van der Waals surface area (Å²) in [5.74, 6) is 0.505. The van der Waals surface area contributed by atoms with Crippen molar-refractivity contribution in [1.82, 2.24) is 0 Å². The Morgan fingerprint density at radius 1 is 1.64 bits per heavy atom. The molecular weight excluding hydrogens is 174 g/mol. The van der Waals surface area contributed by atoms with Crippen molar-refractivity contribution in [2.75, 3.05) is 13.7 Å². The minimum atomic E-state index is 0.230. The van der Waals surface area contributed by atoms with Gasteiger partial charge in [-0.1, -0.05) is 32.4 Å². The molecule has 0 fully saturated rings. The van der Waals surface area contributed by atoms with E-state index in [2.05, 4.69) is 26.8 Å². The second kappa shape index (κ2) is 4.45. The second-order valence-electron chi connectivity index (χ2n) is 5.31. The van der Waals surface area contributed by atoms with E-state index in [1.54, 1.807) is 7.11 Å². The Balaban J connectivity index is 2.68. The molecule has 2 unspecified atom stereocenters. The maximum atomic E-state index is 6.02. The van der Waals surface area contributed by atoms with Crippen molar-refractivity contribution in [3.8, 4) is 0 Å². The van der Waals surface area contributed by atoms with Gasteiger partial charge in [-0.3, -0.25) is 0 Å². The predicted molar refractivity (Wildman–Crippen MR) is 60.1 cm³/mol. The van der Waals surface area contributed by atoms with Gasteiger partial charge in [0.15, 0.2) is 0 Å². The van der Waals surface area contributed by atoms with Crippen molar-refractivity contribution in [2.45, 2.75) is 39.7 Å². The fourth-order valence-corrected chi connectivity index (χ4v) is 2.35. The summed E-state index contributed by atoms with van der Waals surface area (Å²) >= 11 is 0. The monoisotopic (exact) mass is 197 g/mol. The second-order valence-corrected chi connectivity index (χ2v) is 5.31. The topological polar surface area (TPSA) is 35.2 Å². The highest BCUT2D eigenvalue weighted by Gasteiger charge is 2.28. The third-order valence-corrected chi connectivity index (χ3v) is 2.95. The van der Waals surface area contributed by atoms with Crippen molar-refractivity contribution in [1.29, 1.82) is 0 Å². The van der Waals surface area contributed by atoms with E-state index in [-0.39, 0.29) is 6.04 Å². The summed E-state index contributed by atoms with van der Waals surface area (Å²) in [5.41, 5.74) is 7.84. The van der Waals surface area contributed by atoms with Crippen LogP contribution >= 0.6 is 0 Å². The smallest absolute Gasteiger partial charge is 0.0525 e. The van der Waals surface area contributed by atoms with Gasteiger partial charge in [-0.25, -0.2) is 0 Å². The zero-order chi connectivity index (χ0) is 10.8. The number of hydrogen-bond acceptors (Lipinski definition) is 2. The molecule has 2 nitrogen and oxygen atoms in total. The number of hydrogen-bond donors (Lipinski definition) is 1. The molecule has 1 aliphatic carbocycles. The van der Waals surface area contributed by atoms with Crippen LogP contribution in [-0.4, -0.2) is 19.8 Å². The zero-order valence-corrected chi connectivity index (χ0v) is 9.84. The Morgan fingerprint density at radius 3 is 2.79 bits per heavy atom. The van der Waals surface area contributed by atoms with Crippen LogP contribution in [0.1, 0.15) is 33.6 Å². The van der Waals surface area contributed by atoms with Gasteiger partial charge >= 0.3 is 0 Å². The molecule has 0 heterocycles. The van der Waals surface area contributed by atoms with Gasteiger partial charge in [0, 0.05) is 19.1 Å². The third-order valence-electron chi connectivity index (χ3n) is 2.95. The lowest BCUT2D eigenvalue weighted by atomic mass is 9.73. The normalized spacial score (nSPS) is 28.4. The molecule has 0 saturated carbocycles. The first-order chi connectivity index (χ1) is 6.44. The molecule has 0 aromatic heterocycles. The van der Waals surface area contributed by atoms with Gasteiger partial charge < -0.3 is 10.5 Å². The quantitative estimate of drug-likeness (QED) is 0.705. The molecule has 0 amide bonds. The molecule has 82 valence electrons. The van der Waals surface area contributed by atoms with Crippen LogP contribution in [-0.2, 0) is 4.74 Å². The maximum Gasteiger partial charge on any atom is 0.0525 e. The lowest BCUT2D eigenvalue weighted by molar-refractivity contribution is 0.164. The molecule has 0 spiro atoms. The van der Waals surface area contributed by atoms with Gasteiger partial charge in [-0.2, -0.15) is 0 Å². The van der Waals surface area contributed by atoms with Crippen molar-refractivity contribution < 1.29 is 4.74 Å². The van der Waals surface area contributed by atoms with Crippen LogP contribution in [0, 0.1) is 11.3 Å². The fourth-order valence-electron chi connectivity index (χ4n) is 2.35. The third kappa shape index (κ3) is 3.10. The number of methoxy groups -OCH3 is 1. The highest BCUT2D eigenvalue weighted by atomic mass is 16.5. The van der Waals surface area contributed by atoms with Crippen LogP contribution < -0.4 is 5.73 Å². The largest absolute Gasteiger partial charge is 0.384 e. The van der Waals surface area contributed by atoms with Crippen LogP contribution in [0.2, 0.25) is 0 Å². The molecule has 14 heavy (non-hydrogen) atoms. The van der Waals surface area contributed by atoms with Gasteiger partial charge in [0.1, 0.15) is 0 Å². The molecule has 0 aliphatic heterocycles. The highest BCUT2D eigenvalue weighted by molar-refractivity contribution is 5.16. The summed E-state index contributed by atoms with van der Waals surface area (Å²) in [6.45, 7) is 7.59. The van der Waals surface area contributed by atoms with Crippen molar-refractivity contribution in [3.05, 3.63) is 11.6 Å². The lowest BCUT2D eigenvalue weighted by Crippen LogP contribution is -2.32. The molecule has 0 radical (unpaired) electrons. The Hall–Kier alpha value is -0.340. The summed E-state index contributed by atoms with van der Waals surface area (Å²) in [5, 5.41) is 0. The zero-order valence-electron chi connectivity index (χ0n) is 9.84. The molecule has 0 bridgehead atoms. The Labute approximate surface area is 87.5 Å². The minimum Gasteiger partial charge on any atom is -0.384 e. The van der Waals surface area contributed by atoms with E-state index >= 15 is 0 Å². The maximum absolute atomic E-state index is 6.02. The van der Waals surface area contributed by atoms with Crippen LogP contribution in [0.25, 0.3) is 0 Å². The Kier molecular flexibility index (Phi) is 3.73. The summed E-state index contributed by atoms with van der Waals surface area (Å²) in [7, 11) is 1.75. The SMILES string of the molecule is COCC(C)C1=CC(N)CC(C)(C)C1. The van der Waals surface area contributed by atoms with Crippen molar-refractivity contribution in [2.24, 2.45) is 17.1 Å². The van der Waals surface area contributed by atoms with Gasteiger partial charge in [-0.05, 0) is 18.3 Å². The van der Waals surface area contributed by atoms with E-state index in [1.807, 2.05) is 0 Å². The standard InChI is InChI=1S/C12H23NO/c1-9(8-14-4)10-5-11(13)7-12(2,3)6-10/h5,9,11H,6-8,13H2,1-4H3. The summed E-state index contributed by atoms with van der Waals surface area (Å²) < 4.78 is 5.18. The minimum absolute atomic E-state index is 0.230. The molecule has 2 N–H and O–H groups in total. The first-order valence-electron chi connectivity index (χ1n) is 5.40. The van der Waals surface area contributed by atoms with Crippen LogP contribution in [0.5, 0.6) is 0 Å². The van der Waals surface area contributed by atoms with Crippen LogP contribution in [0.4, 0.5) is 0 Å². The molecule has 0 aromatic carbocycles. The van der Waals surface area contributed by atoms with E-state index in [0.29, 0.717) is 11.3 Å². The van der Waals surface area contributed by atoms with Gasteiger partial charge in [-0.15, -0.1) is 0 Å². The molecule has 2 atom stereocenters. The first kappa shape index (κ1) is 11.7. The molecule has 1 rings (SSSR count). The van der Waals surface area contributed by atoms with Gasteiger partial charge in [0.05, 0.1) is 6.61 Å². The Morgan fingerprint density at radius 2 is 2.29 bits per heavy atom. The average Bonchev–Trinajstić information content (AvgIpc) is 2.00. The van der Waals surface area contributed by atoms with E-state index < -0.39 is 0 Å². The molecular formula is C12H23NO. The van der Waals surface area contributed by atoms with E-state index in [4.69, 9.17) is 10.5 Å². The van der Waals surface area contributed by atoms with Gasteiger partial charge in [0.2, 0.25) is 0 Å². The number of rotatable bonds is 3. The van der Waals surface area contributed by atoms with E-state index in [1.165, 1.54) is 5.57 Å². The summed E-state index contributed by atoms with van der Waals surface area (Å²) in [4.78, 5) is 0. The molecule has 0 aromatic rings. The van der Waals surface area contributed by atoms with Crippen molar-refractivity contribution >= 4 is 0 Å². The first-order valence-corrected chi connectivity index (χ1v) is 5.40. The number of ether oxygens (including phenoxy) is 1. The Bertz CT molecular complexity index is 220. The summed E-state index contributed by atoms with van der Waals surface area (Å²) in [6.07, 6.45) is 4.48. The predicted octanol–water partition coefficient (Wildman–Crippen LogP) is 2.34. The fraction of sp³-hybridized carbons (Fsp3) is 0.833. The van der Waals surface area contributed by atoms with Gasteiger partial charge in [0.25, 0.3) is 0 Å². The van der Waals surface area contributed by atoms with Crippen LogP contribution in [0.3, 0.4) is 0 Å². The van der Waals surface area contributed by atoms with E-state index in [0.717, 1.165) is 19.4 Å². The average molecular weight is 197 g/mol.